The lowest BCUT2D eigenvalue weighted by atomic mass is 9.77. The molecule has 0 unspecified atom stereocenters. The molecule has 0 aliphatic carbocycles. The molecule has 0 saturated heterocycles. The highest BCUT2D eigenvalue weighted by molar-refractivity contribution is 5.75. The van der Waals surface area contributed by atoms with E-state index in [-0.39, 0.29) is 10.8 Å². The zero-order chi connectivity index (χ0) is 25.9. The van der Waals surface area contributed by atoms with Crippen molar-refractivity contribution in [1.29, 1.82) is 10.5 Å². The molecule has 0 saturated carbocycles. The lowest BCUT2D eigenvalue weighted by molar-refractivity contribution is 0.522. The van der Waals surface area contributed by atoms with Gasteiger partial charge < -0.3 is 0 Å². The third-order valence-corrected chi connectivity index (χ3v) is 6.89. The van der Waals surface area contributed by atoms with Crippen molar-refractivity contribution in [2.75, 3.05) is 0 Å². The second-order valence-corrected chi connectivity index (χ2v) is 11.1. The summed E-state index contributed by atoms with van der Waals surface area (Å²) < 4.78 is 0. The Hall–Kier alpha value is -4.14. The molecule has 4 aromatic rings. The smallest absolute Gasteiger partial charge is 0.0998 e. The quantitative estimate of drug-likeness (QED) is 0.294. The summed E-state index contributed by atoms with van der Waals surface area (Å²) in [5, 5.41) is 19.6. The zero-order valence-corrected chi connectivity index (χ0v) is 21.8. The highest BCUT2D eigenvalue weighted by atomic mass is 14.3. The molecular formula is C34H32N2. The van der Waals surface area contributed by atoms with Crippen LogP contribution in [-0.4, -0.2) is 0 Å². The molecule has 4 aromatic carbocycles. The molecule has 0 bridgehead atoms. The average molecular weight is 469 g/mol. The van der Waals surface area contributed by atoms with Gasteiger partial charge in [0.2, 0.25) is 0 Å². The highest BCUT2D eigenvalue weighted by Crippen LogP contribution is 2.37. The van der Waals surface area contributed by atoms with Crippen molar-refractivity contribution in [3.8, 4) is 34.4 Å². The fraction of sp³-hybridized carbons (Fsp3) is 0.235. The molecule has 178 valence electrons. The van der Waals surface area contributed by atoms with Gasteiger partial charge in [-0.25, -0.2) is 0 Å². The Labute approximate surface area is 215 Å². The van der Waals surface area contributed by atoms with Crippen LogP contribution in [0, 0.1) is 22.7 Å². The largest absolute Gasteiger partial charge is 0.192 e. The Morgan fingerprint density at radius 3 is 1.92 bits per heavy atom. The van der Waals surface area contributed by atoms with Crippen molar-refractivity contribution >= 4 is 0 Å². The van der Waals surface area contributed by atoms with Gasteiger partial charge in [-0.2, -0.15) is 10.5 Å². The Balaban J connectivity index is 1.64. The van der Waals surface area contributed by atoms with E-state index in [4.69, 9.17) is 0 Å². The molecule has 4 rings (SSSR count). The van der Waals surface area contributed by atoms with Gasteiger partial charge in [0.05, 0.1) is 23.3 Å². The van der Waals surface area contributed by atoms with E-state index in [1.165, 1.54) is 11.1 Å². The molecule has 36 heavy (non-hydrogen) atoms. The Kier molecular flexibility index (Phi) is 6.83. The van der Waals surface area contributed by atoms with Crippen LogP contribution in [0.25, 0.3) is 22.3 Å². The summed E-state index contributed by atoms with van der Waals surface area (Å²) >= 11 is 0. The van der Waals surface area contributed by atoms with E-state index in [0.29, 0.717) is 11.1 Å². The van der Waals surface area contributed by atoms with Crippen LogP contribution in [0.2, 0.25) is 0 Å². The van der Waals surface area contributed by atoms with Crippen molar-refractivity contribution < 1.29 is 0 Å². The van der Waals surface area contributed by atoms with Crippen molar-refractivity contribution in [1.82, 2.24) is 0 Å². The van der Waals surface area contributed by atoms with E-state index in [9.17, 15) is 10.5 Å². The summed E-state index contributed by atoms with van der Waals surface area (Å²) in [5.41, 5.74) is 8.85. The van der Waals surface area contributed by atoms with E-state index >= 15 is 0 Å². The fourth-order valence-corrected chi connectivity index (χ4v) is 4.91. The first-order valence-corrected chi connectivity index (χ1v) is 12.4. The molecule has 0 amide bonds. The maximum atomic E-state index is 9.85. The van der Waals surface area contributed by atoms with Gasteiger partial charge in [0, 0.05) is 5.56 Å². The second-order valence-electron chi connectivity index (χ2n) is 11.1. The summed E-state index contributed by atoms with van der Waals surface area (Å²) in [6, 6.07) is 35.7. The Morgan fingerprint density at radius 2 is 1.31 bits per heavy atom. The molecule has 0 N–H and O–H groups in total. The molecule has 0 heterocycles. The van der Waals surface area contributed by atoms with Crippen molar-refractivity contribution in [2.24, 2.45) is 0 Å². The second kappa shape index (κ2) is 9.85. The van der Waals surface area contributed by atoms with E-state index in [2.05, 4.69) is 89.2 Å². The summed E-state index contributed by atoms with van der Waals surface area (Å²) in [6.45, 7) is 11.0. The molecule has 0 spiro atoms. The Morgan fingerprint density at radius 1 is 0.639 bits per heavy atom. The molecule has 2 heteroatoms. The first-order valence-electron chi connectivity index (χ1n) is 12.4. The molecule has 0 aliphatic rings. The van der Waals surface area contributed by atoms with E-state index < -0.39 is 0 Å². The minimum absolute atomic E-state index is 0.0623. The van der Waals surface area contributed by atoms with Crippen LogP contribution in [0.5, 0.6) is 0 Å². The molecule has 2 nitrogen and oxygen atoms in total. The third kappa shape index (κ3) is 5.10. The molecule has 0 aliphatic heterocycles. The average Bonchev–Trinajstić information content (AvgIpc) is 2.88. The van der Waals surface area contributed by atoms with E-state index in [0.717, 1.165) is 34.2 Å². The first-order chi connectivity index (χ1) is 17.1. The maximum absolute atomic E-state index is 9.85. The highest BCUT2D eigenvalue weighted by Gasteiger charge is 2.24. The Bertz CT molecular complexity index is 1460. The van der Waals surface area contributed by atoms with E-state index in [1.807, 2.05) is 48.5 Å². The molecule has 0 atom stereocenters. The minimum atomic E-state index is -0.149. The monoisotopic (exact) mass is 468 g/mol. The number of hydrogen-bond acceptors (Lipinski definition) is 2. The number of rotatable bonds is 5. The zero-order valence-electron chi connectivity index (χ0n) is 21.8. The van der Waals surface area contributed by atoms with Crippen LogP contribution in [0.15, 0.2) is 91.0 Å². The number of hydrogen-bond donors (Lipinski definition) is 0. The molecular weight excluding hydrogens is 436 g/mol. The molecule has 0 aromatic heterocycles. The van der Waals surface area contributed by atoms with Crippen molar-refractivity contribution in [2.45, 2.75) is 51.9 Å². The number of nitriles is 2. The van der Waals surface area contributed by atoms with E-state index in [1.54, 1.807) is 0 Å². The SMILES string of the molecule is CC(C)(C)c1cccc(C#N)c1-c1ccc(CC(C)(C)c2ccc(-c3ccccc3)c(C#N)c2)cc1. The predicted molar refractivity (Wildman–Crippen MR) is 149 cm³/mol. The van der Waals surface area contributed by atoms with Gasteiger partial charge in [-0.15, -0.1) is 0 Å². The normalized spacial score (nSPS) is 11.5. The first kappa shape index (κ1) is 25.0. The van der Waals surface area contributed by atoms with Crippen LogP contribution in [0.4, 0.5) is 0 Å². The summed E-state index contributed by atoms with van der Waals surface area (Å²) in [7, 11) is 0. The molecule has 0 radical (unpaired) electrons. The lowest BCUT2D eigenvalue weighted by Crippen LogP contribution is -2.20. The van der Waals surface area contributed by atoms with Crippen molar-refractivity contribution in [3.05, 3.63) is 119 Å². The fourth-order valence-electron chi connectivity index (χ4n) is 4.91. The van der Waals surface area contributed by atoms with Crippen LogP contribution < -0.4 is 0 Å². The van der Waals surface area contributed by atoms with Gasteiger partial charge in [0.25, 0.3) is 0 Å². The maximum Gasteiger partial charge on any atom is 0.0998 e. The third-order valence-electron chi connectivity index (χ3n) is 6.89. The van der Waals surface area contributed by atoms with Crippen LogP contribution >= 0.6 is 0 Å². The van der Waals surface area contributed by atoms with Gasteiger partial charge in [0.15, 0.2) is 0 Å². The van der Waals surface area contributed by atoms with Gasteiger partial charge in [-0.1, -0.05) is 113 Å². The summed E-state index contributed by atoms with van der Waals surface area (Å²) in [5.74, 6) is 0. The number of nitrogens with zero attached hydrogens (tertiary/aromatic N) is 2. The van der Waals surface area contributed by atoms with Gasteiger partial charge in [-0.05, 0) is 62.8 Å². The predicted octanol–water partition coefficient (Wildman–Crippen LogP) is 8.58. The lowest BCUT2D eigenvalue weighted by Gasteiger charge is -2.27. The minimum Gasteiger partial charge on any atom is -0.192 e. The van der Waals surface area contributed by atoms with Crippen LogP contribution in [0.3, 0.4) is 0 Å². The molecule has 0 fully saturated rings. The van der Waals surface area contributed by atoms with Gasteiger partial charge in [0.1, 0.15) is 0 Å². The topological polar surface area (TPSA) is 47.6 Å². The van der Waals surface area contributed by atoms with Crippen LogP contribution in [-0.2, 0) is 17.3 Å². The van der Waals surface area contributed by atoms with Gasteiger partial charge in [-0.3, -0.25) is 0 Å². The standard InChI is InChI=1S/C34H32N2/c1-33(2,3)31-13-9-12-27(22-35)32(31)26-16-14-24(15-17-26)21-34(4,5)29-18-19-30(28(20-29)23-36)25-10-7-6-8-11-25/h6-20H,21H2,1-5H3. The summed E-state index contributed by atoms with van der Waals surface area (Å²) in [4.78, 5) is 0. The van der Waals surface area contributed by atoms with Crippen LogP contribution in [0.1, 0.15) is 62.4 Å². The summed E-state index contributed by atoms with van der Waals surface area (Å²) in [6.07, 6.45) is 0.842. The van der Waals surface area contributed by atoms with Gasteiger partial charge >= 0.3 is 0 Å². The van der Waals surface area contributed by atoms with Crippen molar-refractivity contribution in [3.63, 3.8) is 0 Å². The number of benzene rings is 4.